The molecule has 1 atom stereocenters. The molecule has 1 saturated heterocycles. The monoisotopic (exact) mass is 377 g/mol. The molecule has 0 aliphatic carbocycles. The van der Waals surface area contributed by atoms with E-state index in [1.807, 2.05) is 47.4 Å². The molecule has 1 amide bonds. The van der Waals surface area contributed by atoms with Gasteiger partial charge in [-0.1, -0.05) is 24.3 Å². The number of hydrogen-bond donors (Lipinski definition) is 0. The number of para-hydroxylation sites is 1. The third kappa shape index (κ3) is 3.26. The molecule has 1 fully saturated rings. The minimum absolute atomic E-state index is 0.00908. The standard InChI is InChI=1S/C22H23N3O3/c1-15-23-19-7-4-3-6-18(19)22(27)25(15)14-21(26)24-13-5-8-20(24)16-9-11-17(28-2)12-10-16/h3-4,6-7,9-12,20H,5,8,13-14H2,1-2H3/t20-/m1/s1. The molecule has 0 radical (unpaired) electrons. The Bertz CT molecular complexity index is 1070. The van der Waals surface area contributed by atoms with E-state index in [4.69, 9.17) is 4.74 Å². The first-order chi connectivity index (χ1) is 13.6. The zero-order valence-electron chi connectivity index (χ0n) is 16.1. The summed E-state index contributed by atoms with van der Waals surface area (Å²) in [4.78, 5) is 32.3. The fourth-order valence-electron chi connectivity index (χ4n) is 3.93. The van der Waals surface area contributed by atoms with Gasteiger partial charge in [0.1, 0.15) is 18.1 Å². The Labute approximate surface area is 163 Å². The van der Waals surface area contributed by atoms with Crippen molar-refractivity contribution in [1.29, 1.82) is 0 Å². The highest BCUT2D eigenvalue weighted by atomic mass is 16.5. The Morgan fingerprint density at radius 2 is 1.93 bits per heavy atom. The van der Waals surface area contributed by atoms with Gasteiger partial charge in [0.2, 0.25) is 5.91 Å². The van der Waals surface area contributed by atoms with E-state index in [9.17, 15) is 9.59 Å². The number of methoxy groups -OCH3 is 1. The molecule has 3 aromatic rings. The highest BCUT2D eigenvalue weighted by Crippen LogP contribution is 2.33. The predicted molar refractivity (Wildman–Crippen MR) is 107 cm³/mol. The number of rotatable bonds is 4. The molecule has 0 bridgehead atoms. The number of aryl methyl sites for hydroxylation is 1. The van der Waals surface area contributed by atoms with E-state index in [1.165, 1.54) is 4.57 Å². The van der Waals surface area contributed by atoms with Crippen molar-refractivity contribution in [2.24, 2.45) is 0 Å². The Kier molecular flexibility index (Phi) is 4.86. The Morgan fingerprint density at radius 1 is 1.18 bits per heavy atom. The first kappa shape index (κ1) is 18.2. The number of carbonyl (C=O) groups is 1. The number of ether oxygens (including phenoxy) is 1. The SMILES string of the molecule is COc1ccc([C@H]2CCCN2C(=O)Cn2c(C)nc3ccccc3c2=O)cc1. The summed E-state index contributed by atoms with van der Waals surface area (Å²) in [5, 5.41) is 0.536. The van der Waals surface area contributed by atoms with Crippen molar-refractivity contribution < 1.29 is 9.53 Å². The lowest BCUT2D eigenvalue weighted by Gasteiger charge is -2.26. The third-order valence-electron chi connectivity index (χ3n) is 5.42. The number of fused-ring (bicyclic) bond motifs is 1. The number of hydrogen-bond acceptors (Lipinski definition) is 4. The van der Waals surface area contributed by atoms with Crippen molar-refractivity contribution in [2.75, 3.05) is 13.7 Å². The van der Waals surface area contributed by atoms with Gasteiger partial charge in [-0.2, -0.15) is 0 Å². The molecule has 6 nitrogen and oxygen atoms in total. The summed E-state index contributed by atoms with van der Waals surface area (Å²) in [6, 6.07) is 15.1. The maximum Gasteiger partial charge on any atom is 0.261 e. The molecule has 0 saturated carbocycles. The van der Waals surface area contributed by atoms with E-state index in [0.717, 1.165) is 24.2 Å². The molecule has 28 heavy (non-hydrogen) atoms. The third-order valence-corrected chi connectivity index (χ3v) is 5.42. The first-order valence-electron chi connectivity index (χ1n) is 9.48. The van der Waals surface area contributed by atoms with Crippen molar-refractivity contribution in [2.45, 2.75) is 32.4 Å². The Morgan fingerprint density at radius 3 is 2.68 bits per heavy atom. The minimum Gasteiger partial charge on any atom is -0.497 e. The molecule has 4 rings (SSSR count). The lowest BCUT2D eigenvalue weighted by molar-refractivity contribution is -0.132. The summed E-state index contributed by atoms with van der Waals surface area (Å²) in [6.07, 6.45) is 1.87. The largest absolute Gasteiger partial charge is 0.497 e. The Balaban J connectivity index is 1.61. The maximum absolute atomic E-state index is 13.1. The van der Waals surface area contributed by atoms with Gasteiger partial charge in [-0.15, -0.1) is 0 Å². The average molecular weight is 377 g/mol. The molecule has 144 valence electrons. The van der Waals surface area contributed by atoms with E-state index < -0.39 is 0 Å². The van der Waals surface area contributed by atoms with Crippen LogP contribution in [0.2, 0.25) is 0 Å². The second-order valence-corrected chi connectivity index (χ2v) is 7.09. The van der Waals surface area contributed by atoms with Crippen LogP contribution in [0.3, 0.4) is 0 Å². The average Bonchev–Trinajstić information content (AvgIpc) is 3.21. The van der Waals surface area contributed by atoms with Gasteiger partial charge in [0.05, 0.1) is 24.1 Å². The van der Waals surface area contributed by atoms with Crippen LogP contribution < -0.4 is 10.3 Å². The number of likely N-dealkylation sites (tertiary alicyclic amines) is 1. The van der Waals surface area contributed by atoms with Crippen LogP contribution in [-0.2, 0) is 11.3 Å². The highest BCUT2D eigenvalue weighted by Gasteiger charge is 2.30. The molecule has 1 aliphatic rings. The van der Waals surface area contributed by atoms with Gasteiger partial charge in [0.15, 0.2) is 0 Å². The van der Waals surface area contributed by atoms with Crippen molar-refractivity contribution in [3.63, 3.8) is 0 Å². The van der Waals surface area contributed by atoms with E-state index in [2.05, 4.69) is 4.98 Å². The second-order valence-electron chi connectivity index (χ2n) is 7.09. The zero-order chi connectivity index (χ0) is 19.7. The number of carbonyl (C=O) groups excluding carboxylic acids is 1. The van der Waals surface area contributed by atoms with Gasteiger partial charge >= 0.3 is 0 Å². The van der Waals surface area contributed by atoms with Gasteiger partial charge in [-0.05, 0) is 49.6 Å². The fourth-order valence-corrected chi connectivity index (χ4v) is 3.93. The number of nitrogens with zero attached hydrogens (tertiary/aromatic N) is 3. The summed E-state index contributed by atoms with van der Waals surface area (Å²) >= 11 is 0. The number of benzene rings is 2. The first-order valence-corrected chi connectivity index (χ1v) is 9.48. The van der Waals surface area contributed by atoms with E-state index >= 15 is 0 Å². The van der Waals surface area contributed by atoms with Crippen molar-refractivity contribution in [3.05, 3.63) is 70.3 Å². The predicted octanol–water partition coefficient (Wildman–Crippen LogP) is 3.08. The molecule has 2 aromatic carbocycles. The van der Waals surface area contributed by atoms with Crippen molar-refractivity contribution in [1.82, 2.24) is 14.5 Å². The summed E-state index contributed by atoms with van der Waals surface area (Å²) in [5.41, 5.74) is 1.58. The molecule has 0 unspecified atom stereocenters. The molecule has 0 N–H and O–H groups in total. The van der Waals surface area contributed by atoms with Crippen LogP contribution in [0.5, 0.6) is 5.75 Å². The molecule has 6 heteroatoms. The topological polar surface area (TPSA) is 64.4 Å². The van der Waals surface area contributed by atoms with E-state index in [1.54, 1.807) is 20.1 Å². The quantitative estimate of drug-likeness (QED) is 0.701. The molecule has 2 heterocycles. The smallest absolute Gasteiger partial charge is 0.261 e. The summed E-state index contributed by atoms with van der Waals surface area (Å²) in [7, 11) is 1.64. The second kappa shape index (κ2) is 7.46. The lowest BCUT2D eigenvalue weighted by Crippen LogP contribution is -2.37. The van der Waals surface area contributed by atoms with Gasteiger partial charge in [0.25, 0.3) is 5.56 Å². The summed E-state index contributed by atoms with van der Waals surface area (Å²) in [6.45, 7) is 2.48. The molecular weight excluding hydrogens is 354 g/mol. The highest BCUT2D eigenvalue weighted by molar-refractivity contribution is 5.79. The zero-order valence-corrected chi connectivity index (χ0v) is 16.1. The molecule has 1 aromatic heterocycles. The molecule has 1 aliphatic heterocycles. The van der Waals surface area contributed by atoms with Gasteiger partial charge in [0, 0.05) is 6.54 Å². The number of aromatic nitrogens is 2. The minimum atomic E-state index is -0.170. The van der Waals surface area contributed by atoms with Crippen LogP contribution in [0.1, 0.15) is 30.3 Å². The van der Waals surface area contributed by atoms with Gasteiger partial charge in [-0.3, -0.25) is 14.2 Å². The van der Waals surface area contributed by atoms with Crippen LogP contribution in [0.15, 0.2) is 53.3 Å². The van der Waals surface area contributed by atoms with Gasteiger partial charge < -0.3 is 9.64 Å². The van der Waals surface area contributed by atoms with E-state index in [0.29, 0.717) is 23.3 Å². The fraction of sp³-hybridized carbons (Fsp3) is 0.318. The van der Waals surface area contributed by atoms with Gasteiger partial charge in [-0.25, -0.2) is 4.98 Å². The van der Waals surface area contributed by atoms with E-state index in [-0.39, 0.29) is 24.1 Å². The molecular formula is C22H23N3O3. The molecule has 0 spiro atoms. The van der Waals surface area contributed by atoms with Crippen LogP contribution in [-0.4, -0.2) is 34.0 Å². The summed E-state index contributed by atoms with van der Waals surface area (Å²) in [5.74, 6) is 1.29. The maximum atomic E-state index is 13.1. The van der Waals surface area contributed by atoms with Crippen LogP contribution in [0.25, 0.3) is 10.9 Å². The van der Waals surface area contributed by atoms with Crippen molar-refractivity contribution >= 4 is 16.8 Å². The van der Waals surface area contributed by atoms with Crippen LogP contribution in [0.4, 0.5) is 0 Å². The summed E-state index contributed by atoms with van der Waals surface area (Å²) < 4.78 is 6.70. The Hall–Kier alpha value is -3.15. The van der Waals surface area contributed by atoms with Crippen molar-refractivity contribution in [3.8, 4) is 5.75 Å². The number of amides is 1. The van der Waals surface area contributed by atoms with Crippen LogP contribution >= 0.6 is 0 Å². The lowest BCUT2D eigenvalue weighted by atomic mass is 10.0. The van der Waals surface area contributed by atoms with Crippen LogP contribution in [0, 0.1) is 6.92 Å². The normalized spacial score (nSPS) is 16.5.